The van der Waals surface area contributed by atoms with Crippen LogP contribution in [0.4, 0.5) is 10.1 Å². The number of carbonyl (C=O) groups is 1. The van der Waals surface area contributed by atoms with Crippen molar-refractivity contribution in [3.63, 3.8) is 0 Å². The van der Waals surface area contributed by atoms with Crippen molar-refractivity contribution in [2.24, 2.45) is 0 Å². The largest absolute Gasteiger partial charge is 0.485 e. The fourth-order valence-electron chi connectivity index (χ4n) is 6.95. The number of imidazole rings is 1. The van der Waals surface area contributed by atoms with Crippen LogP contribution in [0, 0.1) is 5.82 Å². The summed E-state index contributed by atoms with van der Waals surface area (Å²) in [5, 5.41) is 0.338. The van der Waals surface area contributed by atoms with Crippen molar-refractivity contribution in [3.8, 4) is 11.5 Å². The Hall–Kier alpha value is -3.86. The molecule has 4 aromatic rings. The number of ether oxygens (including phenoxy) is 4. The quantitative estimate of drug-likeness (QED) is 0.296. The minimum Gasteiger partial charge on any atom is -0.485 e. The molecule has 5 heterocycles. The first-order valence-corrected chi connectivity index (χ1v) is 14.9. The zero-order valence-corrected chi connectivity index (χ0v) is 24.3. The number of nitrogens with zero attached hydrogens (tertiary/aromatic N) is 4. The molecule has 2 saturated heterocycles. The van der Waals surface area contributed by atoms with Crippen molar-refractivity contribution >= 4 is 34.3 Å². The van der Waals surface area contributed by atoms with Gasteiger partial charge >= 0.3 is 5.97 Å². The number of fused-ring (bicyclic) bond motifs is 5. The molecule has 9 nitrogen and oxygen atoms in total. The van der Waals surface area contributed by atoms with E-state index in [9.17, 15) is 9.18 Å². The maximum atomic E-state index is 14.8. The van der Waals surface area contributed by atoms with Crippen molar-refractivity contribution in [2.45, 2.75) is 37.3 Å². The smallest absolute Gasteiger partial charge is 0.337 e. The molecule has 43 heavy (non-hydrogen) atoms. The van der Waals surface area contributed by atoms with Gasteiger partial charge in [0.05, 0.1) is 54.1 Å². The summed E-state index contributed by atoms with van der Waals surface area (Å²) < 4.78 is 40.8. The van der Waals surface area contributed by atoms with Crippen LogP contribution in [0.1, 0.15) is 40.3 Å². The van der Waals surface area contributed by atoms with E-state index in [2.05, 4.69) is 14.4 Å². The summed E-state index contributed by atoms with van der Waals surface area (Å²) in [7, 11) is 1.39. The molecule has 0 amide bonds. The average Bonchev–Trinajstić information content (AvgIpc) is 3.36. The van der Waals surface area contributed by atoms with E-state index in [1.165, 1.54) is 13.2 Å². The SMILES string of the molecule is COC(=O)c1ccc2nc3n(c2c1)C([C@@H]1CCO1)[C@H]1CN(c2cccc4c2O[C@H](c2ccc(Cl)cc2F)CO4)CCN1C3. The van der Waals surface area contributed by atoms with E-state index in [1.54, 1.807) is 18.2 Å². The van der Waals surface area contributed by atoms with Gasteiger partial charge < -0.3 is 28.4 Å². The first kappa shape index (κ1) is 26.7. The van der Waals surface area contributed by atoms with Gasteiger partial charge in [-0.3, -0.25) is 4.90 Å². The van der Waals surface area contributed by atoms with E-state index >= 15 is 0 Å². The molecule has 0 radical (unpaired) electrons. The van der Waals surface area contributed by atoms with E-state index in [0.29, 0.717) is 34.2 Å². The van der Waals surface area contributed by atoms with Gasteiger partial charge in [-0.1, -0.05) is 23.7 Å². The van der Waals surface area contributed by atoms with Gasteiger partial charge in [-0.25, -0.2) is 14.2 Å². The standard InChI is InChI=1S/C32H30ClFN4O5/c1-40-32(39)18-5-8-22-24(13-18)38-29(35-22)16-37-11-10-36(15-25(37)30(38)26-9-12-41-26)23-3-2-4-27-31(23)43-28(17-42-27)20-7-6-19(33)14-21(20)34/h2-8,13-14,25-26,28,30H,9-12,15-17H2,1H3/t25-,26+,28+,30?/m1/s1. The molecule has 0 aliphatic carbocycles. The van der Waals surface area contributed by atoms with E-state index in [1.807, 2.05) is 30.3 Å². The van der Waals surface area contributed by atoms with Crippen LogP contribution in [-0.4, -0.2) is 72.5 Å². The van der Waals surface area contributed by atoms with Crippen LogP contribution in [0.3, 0.4) is 0 Å². The zero-order valence-electron chi connectivity index (χ0n) is 23.5. The number of piperazine rings is 1. The van der Waals surface area contributed by atoms with Gasteiger partial charge in [-0.15, -0.1) is 0 Å². The van der Waals surface area contributed by atoms with Crippen molar-refractivity contribution in [1.29, 1.82) is 0 Å². The molecule has 0 bridgehead atoms. The Kier molecular flexibility index (Phi) is 6.47. The molecule has 8 rings (SSSR count). The normalized spacial score (nSPS) is 24.7. The van der Waals surface area contributed by atoms with E-state index < -0.39 is 11.9 Å². The predicted molar refractivity (Wildman–Crippen MR) is 158 cm³/mol. The molecule has 0 saturated carbocycles. The Morgan fingerprint density at radius 1 is 1.14 bits per heavy atom. The molecular weight excluding hydrogens is 575 g/mol. The molecule has 0 N–H and O–H groups in total. The minimum absolute atomic E-state index is 0.00538. The van der Waals surface area contributed by atoms with E-state index in [4.69, 9.17) is 35.5 Å². The second-order valence-electron chi connectivity index (χ2n) is 11.5. The van der Waals surface area contributed by atoms with Crippen molar-refractivity contribution in [2.75, 3.05) is 44.9 Å². The minimum atomic E-state index is -0.595. The number of methoxy groups -OCH3 is 1. The maximum absolute atomic E-state index is 14.8. The molecule has 0 spiro atoms. The van der Waals surface area contributed by atoms with Gasteiger partial charge in [0.25, 0.3) is 0 Å². The van der Waals surface area contributed by atoms with Crippen LogP contribution in [-0.2, 0) is 16.0 Å². The van der Waals surface area contributed by atoms with Crippen LogP contribution in [0.15, 0.2) is 54.6 Å². The maximum Gasteiger partial charge on any atom is 0.337 e. The Bertz CT molecular complexity index is 1740. The van der Waals surface area contributed by atoms with Crippen LogP contribution in [0.2, 0.25) is 5.02 Å². The summed E-state index contributed by atoms with van der Waals surface area (Å²) in [6.07, 6.45) is 0.394. The molecule has 2 fully saturated rings. The van der Waals surface area contributed by atoms with Crippen molar-refractivity contribution < 1.29 is 28.1 Å². The summed E-state index contributed by atoms with van der Waals surface area (Å²) >= 11 is 6.00. The second kappa shape index (κ2) is 10.4. The number of anilines is 1. The molecule has 11 heteroatoms. The third kappa shape index (κ3) is 4.42. The lowest BCUT2D eigenvalue weighted by Gasteiger charge is -2.52. The lowest BCUT2D eigenvalue weighted by Crippen LogP contribution is -2.61. The van der Waals surface area contributed by atoms with Gasteiger partial charge in [0.15, 0.2) is 17.6 Å². The van der Waals surface area contributed by atoms with Crippen LogP contribution < -0.4 is 14.4 Å². The Balaban J connectivity index is 1.14. The second-order valence-corrected chi connectivity index (χ2v) is 11.9. The number of carbonyl (C=O) groups excluding carboxylic acids is 1. The summed E-state index contributed by atoms with van der Waals surface area (Å²) in [4.78, 5) is 22.2. The molecule has 4 aliphatic rings. The molecule has 4 aliphatic heterocycles. The highest BCUT2D eigenvalue weighted by atomic mass is 35.5. The highest BCUT2D eigenvalue weighted by Gasteiger charge is 2.46. The van der Waals surface area contributed by atoms with Crippen LogP contribution in [0.25, 0.3) is 11.0 Å². The number of halogens is 2. The highest BCUT2D eigenvalue weighted by Crippen LogP contribution is 2.46. The lowest BCUT2D eigenvalue weighted by molar-refractivity contribution is -0.107. The van der Waals surface area contributed by atoms with Gasteiger partial charge in [-0.05, 0) is 48.9 Å². The summed E-state index contributed by atoms with van der Waals surface area (Å²) in [5.41, 5.74) is 3.59. The van der Waals surface area contributed by atoms with Crippen molar-refractivity contribution in [1.82, 2.24) is 14.5 Å². The Labute approximate surface area is 252 Å². The molecular formula is C32H30ClFN4O5. The summed E-state index contributed by atoms with van der Waals surface area (Å²) in [5.74, 6) is 1.45. The summed E-state index contributed by atoms with van der Waals surface area (Å²) in [6, 6.07) is 16.2. The topological polar surface area (TPSA) is 78.3 Å². The Morgan fingerprint density at radius 2 is 2.02 bits per heavy atom. The average molecular weight is 605 g/mol. The molecule has 3 aromatic carbocycles. The number of para-hydroxylation sites is 1. The Morgan fingerprint density at radius 3 is 2.81 bits per heavy atom. The first-order chi connectivity index (χ1) is 21.0. The lowest BCUT2D eigenvalue weighted by atomic mass is 9.91. The van der Waals surface area contributed by atoms with Gasteiger partial charge in [0.1, 0.15) is 18.2 Å². The number of benzene rings is 3. The summed E-state index contributed by atoms with van der Waals surface area (Å²) in [6.45, 7) is 3.96. The number of hydrogen-bond acceptors (Lipinski definition) is 8. The third-order valence-electron chi connectivity index (χ3n) is 9.13. The zero-order chi connectivity index (χ0) is 29.2. The fraction of sp³-hybridized carbons (Fsp3) is 0.375. The first-order valence-electron chi connectivity index (χ1n) is 14.6. The van der Waals surface area contributed by atoms with Gasteiger partial charge in [0, 0.05) is 36.8 Å². The number of rotatable bonds is 4. The van der Waals surface area contributed by atoms with Crippen LogP contribution >= 0.6 is 11.6 Å². The van der Waals surface area contributed by atoms with Gasteiger partial charge in [0.2, 0.25) is 0 Å². The fourth-order valence-corrected chi connectivity index (χ4v) is 7.11. The molecule has 1 aromatic heterocycles. The monoisotopic (exact) mass is 604 g/mol. The number of esters is 1. The van der Waals surface area contributed by atoms with E-state index in [0.717, 1.165) is 55.2 Å². The van der Waals surface area contributed by atoms with Crippen LogP contribution in [0.5, 0.6) is 11.5 Å². The number of aromatic nitrogens is 2. The van der Waals surface area contributed by atoms with E-state index in [-0.39, 0.29) is 30.8 Å². The number of hydrogen-bond donors (Lipinski definition) is 0. The molecule has 222 valence electrons. The molecule has 1 unspecified atom stereocenters. The predicted octanol–water partition coefficient (Wildman–Crippen LogP) is 5.16. The molecule has 4 atom stereocenters. The third-order valence-corrected chi connectivity index (χ3v) is 9.36. The van der Waals surface area contributed by atoms with Crippen molar-refractivity contribution in [3.05, 3.63) is 82.4 Å². The van der Waals surface area contributed by atoms with Gasteiger partial charge in [-0.2, -0.15) is 0 Å². The highest BCUT2D eigenvalue weighted by molar-refractivity contribution is 6.30.